The van der Waals surface area contributed by atoms with E-state index in [1.165, 1.54) is 0 Å². The predicted octanol–water partition coefficient (Wildman–Crippen LogP) is 3.31. The van der Waals surface area contributed by atoms with Crippen LogP contribution >= 0.6 is 0 Å². The summed E-state index contributed by atoms with van der Waals surface area (Å²) in [6.07, 6.45) is 1.97. The van der Waals surface area contributed by atoms with Gasteiger partial charge in [0.1, 0.15) is 5.76 Å². The Bertz CT molecular complexity index is 255. The zero-order chi connectivity index (χ0) is 10.4. The van der Waals surface area contributed by atoms with Gasteiger partial charge in [0, 0.05) is 5.70 Å². The lowest BCUT2D eigenvalue weighted by Gasteiger charge is -2.07. The molecule has 0 saturated carbocycles. The maximum Gasteiger partial charge on any atom is 0.138 e. The van der Waals surface area contributed by atoms with Crippen LogP contribution in [0.3, 0.4) is 0 Å². The van der Waals surface area contributed by atoms with E-state index < -0.39 is 0 Å². The molecule has 0 unspecified atom stereocenters. The van der Waals surface area contributed by atoms with E-state index in [0.717, 1.165) is 22.7 Å². The Hall–Kier alpha value is -1.05. The van der Waals surface area contributed by atoms with Gasteiger partial charge >= 0.3 is 0 Å². The number of aliphatic imine (C=N–C) groups is 1. The highest BCUT2D eigenvalue weighted by atomic mass is 16.5. The molecule has 0 aliphatic rings. The smallest absolute Gasteiger partial charge is 0.138 e. The number of allylic oxidation sites excluding steroid dienone is 4. The molecule has 0 amide bonds. The van der Waals surface area contributed by atoms with Crippen LogP contribution < -0.4 is 0 Å². The highest BCUT2D eigenvalue weighted by Crippen LogP contribution is 2.08. The first-order chi connectivity index (χ1) is 6.02. The summed E-state index contributed by atoms with van der Waals surface area (Å²) in [6.45, 7) is 9.94. The summed E-state index contributed by atoms with van der Waals surface area (Å²) in [5.41, 5.74) is 3.08. The zero-order valence-electron chi connectivity index (χ0n) is 9.43. The van der Waals surface area contributed by atoms with E-state index in [1.54, 1.807) is 7.11 Å². The van der Waals surface area contributed by atoms with Crippen LogP contribution in [-0.4, -0.2) is 12.8 Å². The molecule has 74 valence electrons. The van der Waals surface area contributed by atoms with Gasteiger partial charge in [0.05, 0.1) is 12.8 Å². The maximum absolute atomic E-state index is 5.24. The van der Waals surface area contributed by atoms with Gasteiger partial charge in [-0.15, -0.1) is 0 Å². The molecular formula is C11H19NO. The van der Waals surface area contributed by atoms with Crippen molar-refractivity contribution in [3.8, 4) is 0 Å². The van der Waals surface area contributed by atoms with Gasteiger partial charge in [-0.25, -0.2) is 0 Å². The van der Waals surface area contributed by atoms with Crippen molar-refractivity contribution in [3.05, 3.63) is 23.1 Å². The lowest BCUT2D eigenvalue weighted by Crippen LogP contribution is -2.02. The summed E-state index contributed by atoms with van der Waals surface area (Å²) in [4.78, 5) is 4.38. The molecule has 0 spiro atoms. The second-order valence-corrected chi connectivity index (χ2v) is 3.16. The van der Waals surface area contributed by atoms with Crippen molar-refractivity contribution in [2.45, 2.75) is 34.6 Å². The van der Waals surface area contributed by atoms with E-state index in [4.69, 9.17) is 4.74 Å². The standard InChI is InChI=1S/C11H19NO/c1-7-9(4)12-10(5)11(13-6)8(2)3/h7H,1-6H3/b9-7-,12-10?. The van der Waals surface area contributed by atoms with Gasteiger partial charge in [-0.05, 0) is 40.2 Å². The van der Waals surface area contributed by atoms with Crippen molar-refractivity contribution in [1.29, 1.82) is 0 Å². The van der Waals surface area contributed by atoms with Gasteiger partial charge < -0.3 is 4.74 Å². The van der Waals surface area contributed by atoms with Gasteiger partial charge in [0.25, 0.3) is 0 Å². The topological polar surface area (TPSA) is 21.6 Å². The Morgan fingerprint density at radius 2 is 1.69 bits per heavy atom. The monoisotopic (exact) mass is 181 g/mol. The third kappa shape index (κ3) is 3.92. The molecule has 0 aromatic heterocycles. The van der Waals surface area contributed by atoms with Gasteiger partial charge in [-0.3, -0.25) is 4.99 Å². The molecular weight excluding hydrogens is 162 g/mol. The number of hydrogen-bond acceptors (Lipinski definition) is 2. The van der Waals surface area contributed by atoms with E-state index in [0.29, 0.717) is 0 Å². The molecule has 0 atom stereocenters. The molecule has 0 N–H and O–H groups in total. The Kier molecular flexibility index (Phi) is 5.12. The van der Waals surface area contributed by atoms with Crippen molar-refractivity contribution in [2.75, 3.05) is 7.11 Å². The second-order valence-electron chi connectivity index (χ2n) is 3.16. The summed E-state index contributed by atoms with van der Waals surface area (Å²) in [5, 5.41) is 0. The molecule has 0 bridgehead atoms. The van der Waals surface area contributed by atoms with E-state index in [-0.39, 0.29) is 0 Å². The molecule has 0 aliphatic heterocycles. The lowest BCUT2D eigenvalue weighted by atomic mass is 10.2. The Balaban J connectivity index is 4.87. The minimum Gasteiger partial charge on any atom is -0.495 e. The van der Waals surface area contributed by atoms with Crippen LogP contribution in [0.15, 0.2) is 28.1 Å². The van der Waals surface area contributed by atoms with Gasteiger partial charge in [-0.2, -0.15) is 0 Å². The molecule has 2 nitrogen and oxygen atoms in total. The van der Waals surface area contributed by atoms with Gasteiger partial charge in [0.2, 0.25) is 0 Å². The van der Waals surface area contributed by atoms with Crippen LogP contribution in [0.2, 0.25) is 0 Å². The van der Waals surface area contributed by atoms with Crippen molar-refractivity contribution in [3.63, 3.8) is 0 Å². The fourth-order valence-corrected chi connectivity index (χ4v) is 1.09. The fourth-order valence-electron chi connectivity index (χ4n) is 1.09. The average molecular weight is 181 g/mol. The normalized spacial score (nSPS) is 12.8. The molecule has 0 radical (unpaired) electrons. The summed E-state index contributed by atoms with van der Waals surface area (Å²) in [5.74, 6) is 0.876. The molecule has 2 heteroatoms. The second kappa shape index (κ2) is 5.57. The van der Waals surface area contributed by atoms with Crippen LogP contribution in [-0.2, 0) is 4.74 Å². The van der Waals surface area contributed by atoms with E-state index in [2.05, 4.69) is 4.99 Å². The van der Waals surface area contributed by atoms with Crippen LogP contribution in [0, 0.1) is 0 Å². The van der Waals surface area contributed by atoms with E-state index in [9.17, 15) is 0 Å². The minimum atomic E-state index is 0.876. The van der Waals surface area contributed by atoms with Gasteiger partial charge in [0.15, 0.2) is 0 Å². The third-order valence-electron chi connectivity index (χ3n) is 1.75. The highest BCUT2D eigenvalue weighted by molar-refractivity contribution is 5.97. The quantitative estimate of drug-likeness (QED) is 0.483. The maximum atomic E-state index is 5.24. The first-order valence-electron chi connectivity index (χ1n) is 4.43. The van der Waals surface area contributed by atoms with Crippen LogP contribution in [0.25, 0.3) is 0 Å². The van der Waals surface area contributed by atoms with Crippen molar-refractivity contribution < 1.29 is 4.74 Å². The van der Waals surface area contributed by atoms with Crippen molar-refractivity contribution in [2.24, 2.45) is 4.99 Å². The summed E-state index contributed by atoms with van der Waals surface area (Å²) in [6, 6.07) is 0. The summed E-state index contributed by atoms with van der Waals surface area (Å²) < 4.78 is 5.24. The number of methoxy groups -OCH3 is 1. The molecule has 0 aliphatic carbocycles. The van der Waals surface area contributed by atoms with E-state index >= 15 is 0 Å². The minimum absolute atomic E-state index is 0.876. The third-order valence-corrected chi connectivity index (χ3v) is 1.75. The molecule has 0 aromatic carbocycles. The van der Waals surface area contributed by atoms with Crippen LogP contribution in [0.4, 0.5) is 0 Å². The Morgan fingerprint density at radius 3 is 2.00 bits per heavy atom. The first kappa shape index (κ1) is 11.9. The summed E-state index contributed by atoms with van der Waals surface area (Å²) >= 11 is 0. The van der Waals surface area contributed by atoms with Crippen molar-refractivity contribution in [1.82, 2.24) is 0 Å². The SMILES string of the molecule is C/C=C(/C)N=C(C)C(OC)=C(C)C. The molecule has 0 heterocycles. The molecule has 0 fully saturated rings. The highest BCUT2D eigenvalue weighted by Gasteiger charge is 2.02. The number of ether oxygens (including phenoxy) is 1. The lowest BCUT2D eigenvalue weighted by molar-refractivity contribution is 0.310. The van der Waals surface area contributed by atoms with Crippen LogP contribution in [0.1, 0.15) is 34.6 Å². The zero-order valence-corrected chi connectivity index (χ0v) is 9.43. The number of nitrogens with zero attached hydrogens (tertiary/aromatic N) is 1. The largest absolute Gasteiger partial charge is 0.495 e. The molecule has 13 heavy (non-hydrogen) atoms. The Morgan fingerprint density at radius 1 is 1.15 bits per heavy atom. The first-order valence-corrected chi connectivity index (χ1v) is 4.43. The molecule has 0 aromatic rings. The molecule has 0 rings (SSSR count). The van der Waals surface area contributed by atoms with Gasteiger partial charge in [-0.1, -0.05) is 6.08 Å². The fraction of sp³-hybridized carbons (Fsp3) is 0.545. The number of rotatable bonds is 3. The average Bonchev–Trinajstić information content (AvgIpc) is 2.04. The van der Waals surface area contributed by atoms with E-state index in [1.807, 2.05) is 40.7 Å². The van der Waals surface area contributed by atoms with Crippen LogP contribution in [0.5, 0.6) is 0 Å². The van der Waals surface area contributed by atoms with Crippen molar-refractivity contribution >= 4 is 5.71 Å². The number of hydrogen-bond donors (Lipinski definition) is 0. The Labute approximate surface area is 81.0 Å². The summed E-state index contributed by atoms with van der Waals surface area (Å²) in [7, 11) is 1.67. The predicted molar refractivity (Wildman–Crippen MR) is 57.9 cm³/mol. The molecule has 0 saturated heterocycles.